The van der Waals surface area contributed by atoms with Crippen LogP contribution in [0.25, 0.3) is 77.2 Å². The minimum Gasteiger partial charge on any atom is -0.309 e. The first-order chi connectivity index (χ1) is 23.7. The van der Waals surface area contributed by atoms with Crippen LogP contribution >= 0.6 is 0 Å². The Hall–Kier alpha value is -6.88. The lowest BCUT2D eigenvalue weighted by Crippen LogP contribution is -1.99. The fraction of sp³-hybridized carbons (Fsp3) is 0. The molecule has 4 nitrogen and oxygen atoms in total. The van der Waals surface area contributed by atoms with Crippen LogP contribution in [-0.4, -0.2) is 9.13 Å². The van der Waals surface area contributed by atoms with Gasteiger partial charge in [-0.1, -0.05) is 103 Å². The lowest BCUT2D eigenvalue weighted by atomic mass is 9.89. The average Bonchev–Trinajstić information content (AvgIpc) is 3.67. The number of para-hydroxylation sites is 5. The molecule has 9 aromatic rings. The molecule has 9 rings (SSSR count). The number of hydrogen-bond acceptors (Lipinski definition) is 2. The summed E-state index contributed by atoms with van der Waals surface area (Å²) in [4.78, 5) is 0. The Balaban J connectivity index is 1.28. The Kier molecular flexibility index (Phi) is 6.22. The molecular formula is C44H26N4. The molecule has 0 spiro atoms. The van der Waals surface area contributed by atoms with Gasteiger partial charge in [-0.2, -0.15) is 10.5 Å². The number of fused-ring (bicyclic) bond motifs is 6. The molecule has 0 radical (unpaired) electrons. The predicted octanol–water partition coefficient (Wildman–Crippen LogP) is 11.0. The van der Waals surface area contributed by atoms with Crippen LogP contribution in [0, 0.1) is 22.7 Å². The van der Waals surface area contributed by atoms with Gasteiger partial charge < -0.3 is 9.13 Å². The third-order valence-corrected chi connectivity index (χ3v) is 9.42. The zero-order valence-corrected chi connectivity index (χ0v) is 25.8. The highest BCUT2D eigenvalue weighted by Crippen LogP contribution is 2.41. The largest absolute Gasteiger partial charge is 0.309 e. The molecule has 0 bridgehead atoms. The van der Waals surface area contributed by atoms with Gasteiger partial charge in [0.2, 0.25) is 0 Å². The highest BCUT2D eigenvalue weighted by atomic mass is 15.0. The summed E-state index contributed by atoms with van der Waals surface area (Å²) in [6, 6.07) is 58.7. The van der Waals surface area contributed by atoms with Gasteiger partial charge in [0.25, 0.3) is 0 Å². The van der Waals surface area contributed by atoms with Gasteiger partial charge >= 0.3 is 0 Å². The molecule has 0 aliphatic carbocycles. The van der Waals surface area contributed by atoms with E-state index in [0.717, 1.165) is 55.7 Å². The van der Waals surface area contributed by atoms with Crippen molar-refractivity contribution < 1.29 is 0 Å². The maximum Gasteiger partial charge on any atom is 0.0998 e. The molecule has 0 unspecified atom stereocenters. The number of nitrogens with zero attached hydrogens (tertiary/aromatic N) is 4. The van der Waals surface area contributed by atoms with Crippen molar-refractivity contribution in [2.45, 2.75) is 0 Å². The van der Waals surface area contributed by atoms with E-state index in [1.54, 1.807) is 0 Å². The summed E-state index contributed by atoms with van der Waals surface area (Å²) in [5.41, 5.74) is 11.0. The van der Waals surface area contributed by atoms with Crippen molar-refractivity contribution in [1.82, 2.24) is 9.13 Å². The minimum absolute atomic E-state index is 0.561. The molecule has 48 heavy (non-hydrogen) atoms. The first-order valence-corrected chi connectivity index (χ1v) is 15.9. The Bertz CT molecular complexity index is 2710. The van der Waals surface area contributed by atoms with Crippen LogP contribution in [0.5, 0.6) is 0 Å². The molecule has 2 heterocycles. The van der Waals surface area contributed by atoms with Crippen molar-refractivity contribution in [2.24, 2.45) is 0 Å². The van der Waals surface area contributed by atoms with E-state index in [-0.39, 0.29) is 0 Å². The molecule has 0 amide bonds. The van der Waals surface area contributed by atoms with E-state index in [9.17, 15) is 10.5 Å². The quantitative estimate of drug-likeness (QED) is 0.199. The van der Waals surface area contributed by atoms with Gasteiger partial charge in [-0.05, 0) is 65.7 Å². The molecule has 2 aromatic heterocycles. The van der Waals surface area contributed by atoms with Crippen molar-refractivity contribution in [3.8, 4) is 45.8 Å². The third-order valence-electron chi connectivity index (χ3n) is 9.42. The SMILES string of the molecule is N#Cc1ccc(-c2ccc(-n3c4ccccc4c4ccccc43)cc2C#N)c(-c2ccccc2-n2c3ccccc3c3ccccc32)c1. The summed E-state index contributed by atoms with van der Waals surface area (Å²) >= 11 is 0. The fourth-order valence-electron chi connectivity index (χ4n) is 7.35. The topological polar surface area (TPSA) is 57.4 Å². The molecule has 0 aliphatic heterocycles. The Morgan fingerprint density at radius 1 is 0.375 bits per heavy atom. The molecular weight excluding hydrogens is 585 g/mol. The lowest BCUT2D eigenvalue weighted by molar-refractivity contribution is 1.18. The van der Waals surface area contributed by atoms with Gasteiger partial charge in [-0.3, -0.25) is 0 Å². The number of hydrogen-bond donors (Lipinski definition) is 0. The first kappa shape index (κ1) is 27.4. The van der Waals surface area contributed by atoms with Crippen LogP contribution in [0.1, 0.15) is 11.1 Å². The van der Waals surface area contributed by atoms with Crippen molar-refractivity contribution in [3.05, 3.63) is 169 Å². The van der Waals surface area contributed by atoms with Crippen LogP contribution < -0.4 is 0 Å². The van der Waals surface area contributed by atoms with Crippen LogP contribution in [-0.2, 0) is 0 Å². The zero-order valence-electron chi connectivity index (χ0n) is 25.8. The highest BCUT2D eigenvalue weighted by Gasteiger charge is 2.20. The second-order valence-electron chi connectivity index (χ2n) is 12.0. The molecule has 4 heteroatoms. The normalized spacial score (nSPS) is 11.3. The van der Waals surface area contributed by atoms with E-state index in [1.165, 1.54) is 21.5 Å². The van der Waals surface area contributed by atoms with Crippen molar-refractivity contribution in [2.75, 3.05) is 0 Å². The van der Waals surface area contributed by atoms with E-state index >= 15 is 0 Å². The van der Waals surface area contributed by atoms with Crippen molar-refractivity contribution in [3.63, 3.8) is 0 Å². The summed E-state index contributed by atoms with van der Waals surface area (Å²) in [5.74, 6) is 0. The molecule has 0 fully saturated rings. The highest BCUT2D eigenvalue weighted by molar-refractivity contribution is 6.10. The molecule has 7 aromatic carbocycles. The van der Waals surface area contributed by atoms with Crippen LogP contribution in [0.2, 0.25) is 0 Å². The Labute approximate surface area is 277 Å². The third kappa shape index (κ3) is 4.07. The van der Waals surface area contributed by atoms with Crippen LogP contribution in [0.15, 0.2) is 158 Å². The summed E-state index contributed by atoms with van der Waals surface area (Å²) in [7, 11) is 0. The standard InChI is InChI=1S/C44H26N4/c45-27-29-21-23-33(32-24-22-31(26-30(32)28-46)47-40-16-6-1-11-34(40)35-12-2-7-17-41(35)47)39(25-29)38-15-5-10-20-44(38)48-42-18-8-3-13-36(42)37-14-4-9-19-43(37)48/h1-26H. The summed E-state index contributed by atoms with van der Waals surface area (Å²) in [6.07, 6.45) is 0. The smallest absolute Gasteiger partial charge is 0.0998 e. The molecule has 0 N–H and O–H groups in total. The monoisotopic (exact) mass is 610 g/mol. The van der Waals surface area contributed by atoms with E-state index in [1.807, 2.05) is 36.4 Å². The van der Waals surface area contributed by atoms with Crippen molar-refractivity contribution >= 4 is 43.6 Å². The fourth-order valence-corrected chi connectivity index (χ4v) is 7.35. The first-order valence-electron chi connectivity index (χ1n) is 15.9. The van der Waals surface area contributed by atoms with Gasteiger partial charge in [0.1, 0.15) is 0 Å². The average molecular weight is 611 g/mol. The van der Waals surface area contributed by atoms with Crippen molar-refractivity contribution in [1.29, 1.82) is 10.5 Å². The maximum absolute atomic E-state index is 10.6. The van der Waals surface area contributed by atoms with E-state index in [0.29, 0.717) is 11.1 Å². The molecule has 0 atom stereocenters. The maximum atomic E-state index is 10.6. The van der Waals surface area contributed by atoms with Gasteiger partial charge in [-0.15, -0.1) is 0 Å². The molecule has 222 valence electrons. The second-order valence-corrected chi connectivity index (χ2v) is 12.0. The lowest BCUT2D eigenvalue weighted by Gasteiger charge is -2.18. The van der Waals surface area contributed by atoms with Crippen LogP contribution in [0.4, 0.5) is 0 Å². The predicted molar refractivity (Wildman–Crippen MR) is 195 cm³/mol. The Morgan fingerprint density at radius 2 is 0.875 bits per heavy atom. The van der Waals surface area contributed by atoms with Gasteiger partial charge in [-0.25, -0.2) is 0 Å². The second kappa shape index (κ2) is 10.9. The molecule has 0 aliphatic rings. The number of nitriles is 2. The summed E-state index contributed by atoms with van der Waals surface area (Å²) < 4.78 is 4.53. The zero-order chi connectivity index (χ0) is 32.2. The van der Waals surface area contributed by atoms with Gasteiger partial charge in [0, 0.05) is 38.4 Å². The van der Waals surface area contributed by atoms with E-state index in [2.05, 4.69) is 143 Å². The summed E-state index contributed by atoms with van der Waals surface area (Å²) in [5, 5.41) is 25.3. The Morgan fingerprint density at radius 3 is 1.44 bits per heavy atom. The number of rotatable bonds is 4. The number of aromatic nitrogens is 2. The molecule has 0 saturated heterocycles. The van der Waals surface area contributed by atoms with Gasteiger partial charge in [0.15, 0.2) is 0 Å². The minimum atomic E-state index is 0.561. The van der Waals surface area contributed by atoms with Gasteiger partial charge in [0.05, 0.1) is 51.0 Å². The number of benzene rings is 7. The summed E-state index contributed by atoms with van der Waals surface area (Å²) in [6.45, 7) is 0. The van der Waals surface area contributed by atoms with Crippen LogP contribution in [0.3, 0.4) is 0 Å². The van der Waals surface area contributed by atoms with E-state index in [4.69, 9.17) is 0 Å². The molecule has 0 saturated carbocycles. The van der Waals surface area contributed by atoms with E-state index < -0.39 is 0 Å².